The smallest absolute Gasteiger partial charge is 0.258 e. The van der Waals surface area contributed by atoms with Gasteiger partial charge in [-0.1, -0.05) is 19.3 Å². The quantitative estimate of drug-likeness (QED) is 0.595. The normalized spacial score (nSPS) is 14.3. The van der Waals surface area contributed by atoms with E-state index in [0.29, 0.717) is 28.0 Å². The van der Waals surface area contributed by atoms with E-state index >= 15 is 0 Å². The van der Waals surface area contributed by atoms with Crippen LogP contribution in [0.5, 0.6) is 11.5 Å². The Labute approximate surface area is 187 Å². The molecule has 0 radical (unpaired) electrons. The average Bonchev–Trinajstić information content (AvgIpc) is 2.80. The molecule has 0 spiro atoms. The number of hydrogen-bond donors (Lipinski definition) is 1. The SMILES string of the molecule is COc1ccc(-c2oc3cc(C)c(C)cc3c(=O)c2OCC(=O)NC2CCCCC2)cc1. The van der Waals surface area contributed by atoms with Crippen LogP contribution in [0.4, 0.5) is 0 Å². The summed E-state index contributed by atoms with van der Waals surface area (Å²) in [5.74, 6) is 0.818. The molecule has 0 aliphatic heterocycles. The summed E-state index contributed by atoms with van der Waals surface area (Å²) in [6.07, 6.45) is 5.44. The number of nitrogens with one attached hydrogen (secondary N) is 1. The van der Waals surface area contributed by atoms with Gasteiger partial charge in [0.1, 0.15) is 11.3 Å². The molecular formula is C26H29NO5. The van der Waals surface area contributed by atoms with E-state index in [2.05, 4.69) is 5.32 Å². The Bertz CT molecular complexity index is 1170. The number of rotatable bonds is 6. The first kappa shape index (κ1) is 21.9. The van der Waals surface area contributed by atoms with Gasteiger partial charge in [0.25, 0.3) is 5.91 Å². The highest BCUT2D eigenvalue weighted by molar-refractivity contribution is 5.84. The Hall–Kier alpha value is -3.28. The minimum absolute atomic E-state index is 0.0460. The molecule has 32 heavy (non-hydrogen) atoms. The first-order chi connectivity index (χ1) is 15.5. The predicted octanol–water partition coefficient (Wildman–Crippen LogP) is 4.91. The van der Waals surface area contributed by atoms with Crippen molar-refractivity contribution in [3.05, 3.63) is 57.7 Å². The molecular weight excluding hydrogens is 406 g/mol. The van der Waals surface area contributed by atoms with Gasteiger partial charge in [-0.2, -0.15) is 0 Å². The summed E-state index contributed by atoms with van der Waals surface area (Å²) >= 11 is 0. The van der Waals surface area contributed by atoms with Gasteiger partial charge in [-0.05, 0) is 74.2 Å². The van der Waals surface area contributed by atoms with E-state index in [-0.39, 0.29) is 29.7 Å². The van der Waals surface area contributed by atoms with Gasteiger partial charge in [-0.3, -0.25) is 9.59 Å². The lowest BCUT2D eigenvalue weighted by atomic mass is 9.95. The third kappa shape index (κ3) is 4.64. The standard InChI is InChI=1S/C26H29NO5/c1-16-13-21-22(14-17(16)2)32-25(18-9-11-20(30-3)12-10-18)26(24(21)29)31-15-23(28)27-19-7-5-4-6-8-19/h9-14,19H,4-8,15H2,1-3H3,(H,27,28). The lowest BCUT2D eigenvalue weighted by Gasteiger charge is -2.22. The lowest BCUT2D eigenvalue weighted by molar-refractivity contribution is -0.124. The van der Waals surface area contributed by atoms with Crippen LogP contribution in [0, 0.1) is 13.8 Å². The summed E-state index contributed by atoms with van der Waals surface area (Å²) in [7, 11) is 1.59. The molecule has 0 atom stereocenters. The fraction of sp³-hybridized carbons (Fsp3) is 0.385. The number of ether oxygens (including phenoxy) is 2. The van der Waals surface area contributed by atoms with Crippen LogP contribution < -0.4 is 20.2 Å². The summed E-state index contributed by atoms with van der Waals surface area (Å²) in [6, 6.07) is 11.0. The molecule has 6 nitrogen and oxygen atoms in total. The summed E-state index contributed by atoms with van der Waals surface area (Å²) in [4.78, 5) is 25.9. The number of carbonyl (C=O) groups is 1. The van der Waals surface area contributed by atoms with Gasteiger partial charge in [0.15, 0.2) is 12.4 Å². The largest absolute Gasteiger partial charge is 0.497 e. The van der Waals surface area contributed by atoms with Crippen molar-refractivity contribution in [2.24, 2.45) is 0 Å². The van der Waals surface area contributed by atoms with Crippen LogP contribution in [0.25, 0.3) is 22.3 Å². The molecule has 1 amide bonds. The van der Waals surface area contributed by atoms with Crippen LogP contribution in [0.15, 0.2) is 45.6 Å². The van der Waals surface area contributed by atoms with Gasteiger partial charge in [0.05, 0.1) is 12.5 Å². The van der Waals surface area contributed by atoms with Gasteiger partial charge in [0.2, 0.25) is 11.2 Å². The summed E-state index contributed by atoms with van der Waals surface area (Å²) in [5.41, 5.74) is 2.89. The van der Waals surface area contributed by atoms with E-state index in [0.717, 1.165) is 36.8 Å². The van der Waals surface area contributed by atoms with Crippen molar-refractivity contribution in [1.82, 2.24) is 5.32 Å². The maximum absolute atomic E-state index is 13.4. The van der Waals surface area contributed by atoms with E-state index < -0.39 is 0 Å². The molecule has 6 heteroatoms. The average molecular weight is 436 g/mol. The highest BCUT2D eigenvalue weighted by Crippen LogP contribution is 2.32. The van der Waals surface area contributed by atoms with E-state index in [1.807, 2.05) is 26.0 Å². The first-order valence-corrected chi connectivity index (χ1v) is 11.1. The Morgan fingerprint density at radius 3 is 2.44 bits per heavy atom. The Balaban J connectivity index is 1.69. The zero-order chi connectivity index (χ0) is 22.7. The summed E-state index contributed by atoms with van der Waals surface area (Å²) < 4.78 is 17.2. The molecule has 1 heterocycles. The van der Waals surface area contributed by atoms with Crippen LogP contribution in [0.1, 0.15) is 43.2 Å². The van der Waals surface area contributed by atoms with E-state index in [1.54, 1.807) is 31.4 Å². The van der Waals surface area contributed by atoms with Gasteiger partial charge in [0, 0.05) is 11.6 Å². The molecule has 168 valence electrons. The fourth-order valence-corrected chi connectivity index (χ4v) is 4.15. The van der Waals surface area contributed by atoms with Gasteiger partial charge >= 0.3 is 0 Å². The molecule has 1 aromatic heterocycles. The van der Waals surface area contributed by atoms with Crippen molar-refractivity contribution in [3.8, 4) is 22.8 Å². The number of methoxy groups -OCH3 is 1. The second-order valence-electron chi connectivity index (χ2n) is 8.44. The van der Waals surface area contributed by atoms with E-state index in [1.165, 1.54) is 6.42 Å². The van der Waals surface area contributed by atoms with Crippen molar-refractivity contribution in [3.63, 3.8) is 0 Å². The number of amides is 1. The second kappa shape index (κ2) is 9.47. The zero-order valence-corrected chi connectivity index (χ0v) is 18.8. The maximum atomic E-state index is 13.4. The number of benzene rings is 2. The zero-order valence-electron chi connectivity index (χ0n) is 18.8. The fourth-order valence-electron chi connectivity index (χ4n) is 4.15. The Morgan fingerprint density at radius 1 is 1.06 bits per heavy atom. The van der Waals surface area contributed by atoms with Gasteiger partial charge in [-0.25, -0.2) is 0 Å². The molecule has 0 saturated heterocycles. The Morgan fingerprint density at radius 2 is 1.75 bits per heavy atom. The highest BCUT2D eigenvalue weighted by Gasteiger charge is 2.21. The van der Waals surface area contributed by atoms with Crippen molar-refractivity contribution in [2.45, 2.75) is 52.0 Å². The van der Waals surface area contributed by atoms with Gasteiger partial charge in [-0.15, -0.1) is 0 Å². The maximum Gasteiger partial charge on any atom is 0.258 e. The van der Waals surface area contributed by atoms with E-state index in [9.17, 15) is 9.59 Å². The molecule has 1 aliphatic carbocycles. The molecule has 1 saturated carbocycles. The Kier molecular flexibility index (Phi) is 6.49. The molecule has 0 unspecified atom stereocenters. The first-order valence-electron chi connectivity index (χ1n) is 11.1. The third-order valence-electron chi connectivity index (χ3n) is 6.14. The number of carbonyl (C=O) groups excluding carboxylic acids is 1. The number of fused-ring (bicyclic) bond motifs is 1. The van der Waals surface area contributed by atoms with E-state index in [4.69, 9.17) is 13.9 Å². The second-order valence-corrected chi connectivity index (χ2v) is 8.44. The van der Waals surface area contributed by atoms with Crippen LogP contribution in [0.2, 0.25) is 0 Å². The van der Waals surface area contributed by atoms with Crippen molar-refractivity contribution in [1.29, 1.82) is 0 Å². The van der Waals surface area contributed by atoms with Crippen LogP contribution in [0.3, 0.4) is 0 Å². The van der Waals surface area contributed by atoms with Crippen molar-refractivity contribution < 1.29 is 18.7 Å². The predicted molar refractivity (Wildman–Crippen MR) is 124 cm³/mol. The lowest BCUT2D eigenvalue weighted by Crippen LogP contribution is -2.39. The van der Waals surface area contributed by atoms with Crippen molar-refractivity contribution >= 4 is 16.9 Å². The van der Waals surface area contributed by atoms with Crippen LogP contribution >= 0.6 is 0 Å². The monoisotopic (exact) mass is 435 g/mol. The molecule has 3 aromatic rings. The molecule has 0 bridgehead atoms. The highest BCUT2D eigenvalue weighted by atomic mass is 16.5. The molecule has 4 rings (SSSR count). The minimum Gasteiger partial charge on any atom is -0.497 e. The van der Waals surface area contributed by atoms with Crippen LogP contribution in [-0.2, 0) is 4.79 Å². The van der Waals surface area contributed by atoms with Gasteiger partial charge < -0.3 is 19.2 Å². The van der Waals surface area contributed by atoms with Crippen LogP contribution in [-0.4, -0.2) is 25.7 Å². The number of hydrogen-bond acceptors (Lipinski definition) is 5. The van der Waals surface area contributed by atoms with Crippen molar-refractivity contribution in [2.75, 3.05) is 13.7 Å². The topological polar surface area (TPSA) is 77.8 Å². The molecule has 1 aliphatic rings. The molecule has 1 N–H and O–H groups in total. The minimum atomic E-state index is -0.286. The molecule has 1 fully saturated rings. The summed E-state index contributed by atoms with van der Waals surface area (Å²) in [5, 5.41) is 3.46. The molecule has 2 aromatic carbocycles. The third-order valence-corrected chi connectivity index (χ3v) is 6.14. The summed E-state index contributed by atoms with van der Waals surface area (Å²) in [6.45, 7) is 3.69. The number of aryl methyl sites for hydroxylation is 2.